The van der Waals surface area contributed by atoms with E-state index in [0.717, 1.165) is 18.4 Å². The lowest BCUT2D eigenvalue weighted by atomic mass is 10.1. The summed E-state index contributed by atoms with van der Waals surface area (Å²) >= 11 is 9.00. The van der Waals surface area contributed by atoms with Crippen molar-refractivity contribution in [2.45, 2.75) is 26.7 Å². The van der Waals surface area contributed by atoms with Crippen molar-refractivity contribution < 1.29 is 0 Å². The Balaban J connectivity index is 3.92. The molecule has 0 aliphatic carbocycles. The average Bonchev–Trinajstić information content (AvgIpc) is 1.96. The summed E-state index contributed by atoms with van der Waals surface area (Å²) in [4.78, 5) is 1.83. The highest BCUT2D eigenvalue weighted by atomic mass is 79.9. The third kappa shape index (κ3) is 5.62. The predicted molar refractivity (Wildman–Crippen MR) is 60.7 cm³/mol. The van der Waals surface area contributed by atoms with E-state index in [1.54, 1.807) is 0 Å². The second kappa shape index (κ2) is 6.50. The molecule has 0 rings (SSSR count). The van der Waals surface area contributed by atoms with Crippen LogP contribution in [0, 0.1) is 0 Å². The van der Waals surface area contributed by atoms with Gasteiger partial charge in [0.05, 0.1) is 0 Å². The maximum atomic E-state index is 5.75. The van der Waals surface area contributed by atoms with E-state index in [4.69, 9.17) is 11.6 Å². The molecule has 68 valence electrons. The van der Waals surface area contributed by atoms with Crippen molar-refractivity contribution in [2.75, 3.05) is 0 Å². The van der Waals surface area contributed by atoms with E-state index < -0.39 is 0 Å². The lowest BCUT2D eigenvalue weighted by molar-refractivity contribution is 0.994. The molecule has 2 heteroatoms. The van der Waals surface area contributed by atoms with Crippen molar-refractivity contribution in [3.63, 3.8) is 0 Å². The third-order valence-electron chi connectivity index (χ3n) is 1.45. The molecular weight excluding hydrogens is 235 g/mol. The van der Waals surface area contributed by atoms with Crippen molar-refractivity contribution in [1.82, 2.24) is 0 Å². The summed E-state index contributed by atoms with van der Waals surface area (Å²) in [5.41, 5.74) is 2.40. The average molecular weight is 250 g/mol. The lowest BCUT2D eigenvalue weighted by Gasteiger charge is -2.00. The number of rotatable bonds is 4. The Morgan fingerprint density at radius 2 is 2.08 bits per heavy atom. The first-order valence-corrected chi connectivity index (χ1v) is 5.14. The van der Waals surface area contributed by atoms with Gasteiger partial charge in [0.15, 0.2) is 0 Å². The van der Waals surface area contributed by atoms with Crippen LogP contribution in [0.15, 0.2) is 33.8 Å². The maximum Gasteiger partial charge on any atom is 0.0371 e. The summed E-state index contributed by atoms with van der Waals surface area (Å²) in [6.07, 6.45) is 4.15. The number of hydrogen-bond acceptors (Lipinski definition) is 0. The molecule has 0 aromatic rings. The highest BCUT2D eigenvalue weighted by Gasteiger charge is 1.97. The number of hydrogen-bond donors (Lipinski definition) is 0. The van der Waals surface area contributed by atoms with Gasteiger partial charge in [-0.2, -0.15) is 0 Å². The van der Waals surface area contributed by atoms with Crippen LogP contribution in [0.25, 0.3) is 0 Å². The Bertz CT molecular complexity index is 210. The van der Waals surface area contributed by atoms with Gasteiger partial charge in [-0.1, -0.05) is 45.8 Å². The van der Waals surface area contributed by atoms with Crippen LogP contribution in [0.4, 0.5) is 0 Å². The lowest BCUT2D eigenvalue weighted by Crippen LogP contribution is -1.80. The van der Waals surface area contributed by atoms with Crippen LogP contribution >= 0.6 is 27.5 Å². The van der Waals surface area contributed by atoms with Crippen LogP contribution in [0.3, 0.4) is 0 Å². The normalized spacial score (nSPS) is 11.2. The highest BCUT2D eigenvalue weighted by molar-refractivity contribution is 9.11. The number of halogens is 2. The van der Waals surface area contributed by atoms with Crippen LogP contribution in [-0.2, 0) is 0 Å². The molecule has 0 aliphatic rings. The monoisotopic (exact) mass is 248 g/mol. The Morgan fingerprint density at radius 3 is 2.42 bits per heavy atom. The van der Waals surface area contributed by atoms with E-state index >= 15 is 0 Å². The Morgan fingerprint density at radius 1 is 1.50 bits per heavy atom. The first-order valence-electron chi connectivity index (χ1n) is 3.85. The first-order chi connectivity index (χ1) is 5.57. The van der Waals surface area contributed by atoms with E-state index in [1.165, 1.54) is 5.57 Å². The first kappa shape index (κ1) is 12.0. The predicted octanol–water partition coefficient (Wildman–Crippen LogP) is 4.76. The number of allylic oxidation sites excluding steroid dienone is 4. The summed E-state index contributed by atoms with van der Waals surface area (Å²) in [5.74, 6) is 0. The molecule has 0 nitrogen and oxygen atoms in total. The molecule has 0 aromatic heterocycles. The fourth-order valence-electron chi connectivity index (χ4n) is 0.766. The Labute approximate surface area is 88.1 Å². The zero-order valence-electron chi connectivity index (χ0n) is 7.53. The molecule has 0 bridgehead atoms. The fraction of sp³-hybridized carbons (Fsp3) is 0.400. The van der Waals surface area contributed by atoms with E-state index in [1.807, 2.05) is 4.99 Å². The molecule has 0 aromatic carbocycles. The topological polar surface area (TPSA) is 0 Å². The van der Waals surface area contributed by atoms with E-state index in [9.17, 15) is 0 Å². The van der Waals surface area contributed by atoms with Gasteiger partial charge in [-0.05, 0) is 37.2 Å². The van der Waals surface area contributed by atoms with Crippen LogP contribution < -0.4 is 0 Å². The van der Waals surface area contributed by atoms with Crippen LogP contribution in [0.2, 0.25) is 0 Å². The zero-order valence-corrected chi connectivity index (χ0v) is 9.87. The SMILES string of the molecule is C=C(Cl)C(=CBr)CCC=C(C)C. The van der Waals surface area contributed by atoms with E-state index in [2.05, 4.69) is 42.4 Å². The molecule has 0 aliphatic heterocycles. The minimum atomic E-state index is 0.619. The molecule has 0 N–H and O–H groups in total. The quantitative estimate of drug-likeness (QED) is 0.497. The van der Waals surface area contributed by atoms with Gasteiger partial charge in [0, 0.05) is 5.03 Å². The van der Waals surface area contributed by atoms with E-state index in [-0.39, 0.29) is 0 Å². The van der Waals surface area contributed by atoms with Gasteiger partial charge in [-0.25, -0.2) is 0 Å². The molecule has 0 fully saturated rings. The van der Waals surface area contributed by atoms with Crippen LogP contribution in [0.5, 0.6) is 0 Å². The molecule has 0 radical (unpaired) electrons. The van der Waals surface area contributed by atoms with Gasteiger partial charge in [0.25, 0.3) is 0 Å². The highest BCUT2D eigenvalue weighted by Crippen LogP contribution is 2.19. The van der Waals surface area contributed by atoms with Crippen molar-refractivity contribution in [3.05, 3.63) is 33.8 Å². The molecule has 0 saturated carbocycles. The van der Waals surface area contributed by atoms with Crippen molar-refractivity contribution in [1.29, 1.82) is 0 Å². The Kier molecular flexibility index (Phi) is 6.49. The van der Waals surface area contributed by atoms with Gasteiger partial charge in [0.1, 0.15) is 0 Å². The standard InChI is InChI=1S/C10H14BrCl/c1-8(2)5-4-6-10(7-11)9(3)12/h5,7H,3-4,6H2,1-2H3. The van der Waals surface area contributed by atoms with Crippen LogP contribution in [0.1, 0.15) is 26.7 Å². The molecule has 0 amide bonds. The summed E-state index contributed by atoms with van der Waals surface area (Å²) < 4.78 is 0. The molecule has 12 heavy (non-hydrogen) atoms. The van der Waals surface area contributed by atoms with Gasteiger partial charge in [-0.15, -0.1) is 0 Å². The van der Waals surface area contributed by atoms with Gasteiger partial charge >= 0.3 is 0 Å². The van der Waals surface area contributed by atoms with Crippen molar-refractivity contribution >= 4 is 27.5 Å². The summed E-state index contributed by atoms with van der Waals surface area (Å²) in [6.45, 7) is 7.85. The molecule has 0 saturated heterocycles. The van der Waals surface area contributed by atoms with Gasteiger partial charge in [0.2, 0.25) is 0 Å². The minimum absolute atomic E-state index is 0.619. The fourth-order valence-corrected chi connectivity index (χ4v) is 1.55. The largest absolute Gasteiger partial charge is 0.0856 e. The minimum Gasteiger partial charge on any atom is -0.0856 e. The molecule has 0 heterocycles. The summed E-state index contributed by atoms with van der Waals surface area (Å²) in [6, 6.07) is 0. The van der Waals surface area contributed by atoms with E-state index in [0.29, 0.717) is 5.03 Å². The van der Waals surface area contributed by atoms with Gasteiger partial charge in [-0.3, -0.25) is 0 Å². The summed E-state index contributed by atoms with van der Waals surface area (Å²) in [5, 5.41) is 0.619. The van der Waals surface area contributed by atoms with Crippen molar-refractivity contribution in [2.24, 2.45) is 0 Å². The molecule has 0 atom stereocenters. The van der Waals surface area contributed by atoms with Crippen LogP contribution in [-0.4, -0.2) is 0 Å². The second-order valence-electron chi connectivity index (χ2n) is 2.86. The Hall–Kier alpha value is -0.0100. The third-order valence-corrected chi connectivity index (χ3v) is 2.24. The smallest absolute Gasteiger partial charge is 0.0371 e. The molecular formula is C10H14BrCl. The van der Waals surface area contributed by atoms with Gasteiger partial charge < -0.3 is 0 Å². The summed E-state index contributed by atoms with van der Waals surface area (Å²) in [7, 11) is 0. The maximum absolute atomic E-state index is 5.75. The zero-order chi connectivity index (χ0) is 9.56. The second-order valence-corrected chi connectivity index (χ2v) is 3.77. The molecule has 0 spiro atoms. The molecule has 0 unspecified atom stereocenters. The van der Waals surface area contributed by atoms with Crippen molar-refractivity contribution in [3.8, 4) is 0 Å².